The molecule has 3 aromatic rings. The predicted molar refractivity (Wildman–Crippen MR) is 124 cm³/mol. The van der Waals surface area contributed by atoms with E-state index in [1.54, 1.807) is 21.3 Å². The zero-order valence-electron chi connectivity index (χ0n) is 17.4. The summed E-state index contributed by atoms with van der Waals surface area (Å²) in [6.45, 7) is 1.21. The zero-order valence-corrected chi connectivity index (χ0v) is 18.2. The average molecular weight is 423 g/mol. The fourth-order valence-corrected chi connectivity index (χ4v) is 3.36. The summed E-state index contributed by atoms with van der Waals surface area (Å²) in [5.74, 6) is 2.34. The monoisotopic (exact) mass is 422 g/mol. The summed E-state index contributed by atoms with van der Waals surface area (Å²) in [7, 11) is 4.97. The molecule has 30 heavy (non-hydrogen) atoms. The van der Waals surface area contributed by atoms with Gasteiger partial charge in [-0.15, -0.1) is 0 Å². The molecule has 156 valence electrons. The van der Waals surface area contributed by atoms with Gasteiger partial charge >= 0.3 is 0 Å². The molecule has 0 heterocycles. The maximum Gasteiger partial charge on any atom is 0.174 e. The number of hydrogen-bond acceptors (Lipinski definition) is 4. The lowest BCUT2D eigenvalue weighted by Gasteiger charge is -2.27. The number of methoxy groups -OCH3 is 3. The van der Waals surface area contributed by atoms with Crippen LogP contribution in [0.3, 0.4) is 0 Å². The molecule has 0 aliphatic heterocycles. The summed E-state index contributed by atoms with van der Waals surface area (Å²) in [5, 5.41) is 3.94. The van der Waals surface area contributed by atoms with Gasteiger partial charge in [-0.25, -0.2) is 0 Å². The van der Waals surface area contributed by atoms with Gasteiger partial charge in [0.05, 0.1) is 21.3 Å². The number of hydrogen-bond donors (Lipinski definition) is 1. The summed E-state index contributed by atoms with van der Waals surface area (Å²) < 4.78 is 16.3. The first-order valence-electron chi connectivity index (χ1n) is 9.57. The number of benzene rings is 3. The molecule has 3 aromatic carbocycles. The summed E-state index contributed by atoms with van der Waals surface area (Å²) in [6.07, 6.45) is 0. The van der Waals surface area contributed by atoms with Gasteiger partial charge < -0.3 is 24.4 Å². The molecular weight excluding hydrogens is 396 g/mol. The van der Waals surface area contributed by atoms with E-state index in [-0.39, 0.29) is 0 Å². The lowest BCUT2D eigenvalue weighted by Crippen LogP contribution is -2.34. The zero-order chi connectivity index (χ0) is 21.3. The normalized spacial score (nSPS) is 10.2. The standard InChI is InChI=1S/C24H26N2O3S/c1-27-21-11-7-10-20(15-21)25-24(30)26(16-18-8-5-4-6-9-18)17-19-14-22(28-2)12-13-23(19)29-3/h4-15H,16-17H2,1-3H3,(H,25,30). The Morgan fingerprint density at radius 3 is 2.23 bits per heavy atom. The number of nitrogens with one attached hydrogen (secondary N) is 1. The SMILES string of the molecule is COc1cccc(NC(=S)N(Cc2ccccc2)Cc2cc(OC)ccc2OC)c1. The number of ether oxygens (including phenoxy) is 3. The van der Waals surface area contributed by atoms with Crippen LogP contribution in [0.5, 0.6) is 17.2 Å². The van der Waals surface area contributed by atoms with E-state index in [1.807, 2.05) is 60.7 Å². The molecule has 6 heteroatoms. The number of anilines is 1. The Labute approximate surface area is 183 Å². The fraction of sp³-hybridized carbons (Fsp3) is 0.208. The molecule has 0 radical (unpaired) electrons. The second-order valence-corrected chi connectivity index (χ2v) is 7.07. The fourth-order valence-electron chi connectivity index (χ4n) is 3.12. The molecule has 0 aliphatic carbocycles. The van der Waals surface area contributed by atoms with E-state index in [9.17, 15) is 0 Å². The summed E-state index contributed by atoms with van der Waals surface area (Å²) >= 11 is 5.78. The van der Waals surface area contributed by atoms with E-state index in [0.29, 0.717) is 18.2 Å². The van der Waals surface area contributed by atoms with Crippen LogP contribution in [0.15, 0.2) is 72.8 Å². The molecule has 0 bridgehead atoms. The van der Waals surface area contributed by atoms with Crippen LogP contribution >= 0.6 is 12.2 Å². The molecule has 0 atom stereocenters. The van der Waals surface area contributed by atoms with Gasteiger partial charge in [0.1, 0.15) is 17.2 Å². The lowest BCUT2D eigenvalue weighted by molar-refractivity contribution is 0.372. The molecule has 5 nitrogen and oxygen atoms in total. The van der Waals surface area contributed by atoms with Crippen LogP contribution in [-0.4, -0.2) is 31.3 Å². The molecule has 0 spiro atoms. The molecule has 0 amide bonds. The van der Waals surface area contributed by atoms with Gasteiger partial charge in [0.15, 0.2) is 5.11 Å². The molecule has 0 fully saturated rings. The van der Waals surface area contributed by atoms with Crippen molar-refractivity contribution in [2.75, 3.05) is 26.6 Å². The van der Waals surface area contributed by atoms with E-state index in [2.05, 4.69) is 22.3 Å². The summed E-state index contributed by atoms with van der Waals surface area (Å²) in [6, 6.07) is 23.7. The van der Waals surface area contributed by atoms with E-state index in [1.165, 1.54) is 0 Å². The maximum absolute atomic E-state index is 5.78. The molecular formula is C24H26N2O3S. The van der Waals surface area contributed by atoms with E-state index in [0.717, 1.165) is 34.1 Å². The van der Waals surface area contributed by atoms with Crippen molar-refractivity contribution in [3.63, 3.8) is 0 Å². The maximum atomic E-state index is 5.78. The van der Waals surface area contributed by atoms with Crippen molar-refractivity contribution >= 4 is 23.0 Å². The number of rotatable bonds is 8. The molecule has 0 saturated heterocycles. The minimum atomic E-state index is 0.561. The molecule has 3 rings (SSSR count). The Morgan fingerprint density at radius 2 is 1.53 bits per heavy atom. The molecule has 1 N–H and O–H groups in total. The Morgan fingerprint density at radius 1 is 0.800 bits per heavy atom. The summed E-state index contributed by atoms with van der Waals surface area (Å²) in [4.78, 5) is 2.10. The minimum Gasteiger partial charge on any atom is -0.497 e. The van der Waals surface area contributed by atoms with Crippen LogP contribution < -0.4 is 19.5 Å². The van der Waals surface area contributed by atoms with Gasteiger partial charge in [-0.3, -0.25) is 0 Å². The van der Waals surface area contributed by atoms with Crippen molar-refractivity contribution in [3.05, 3.63) is 83.9 Å². The number of nitrogens with zero attached hydrogens (tertiary/aromatic N) is 1. The van der Waals surface area contributed by atoms with Gasteiger partial charge in [0.25, 0.3) is 0 Å². The second-order valence-electron chi connectivity index (χ2n) is 6.68. The highest BCUT2D eigenvalue weighted by Crippen LogP contribution is 2.26. The van der Waals surface area contributed by atoms with Crippen molar-refractivity contribution in [2.45, 2.75) is 13.1 Å². The first-order valence-corrected chi connectivity index (χ1v) is 9.98. The topological polar surface area (TPSA) is 43.0 Å². The van der Waals surface area contributed by atoms with Gasteiger partial charge in [-0.1, -0.05) is 36.4 Å². The van der Waals surface area contributed by atoms with Gasteiger partial charge in [0, 0.05) is 30.4 Å². The highest BCUT2D eigenvalue weighted by atomic mass is 32.1. The molecule has 0 aliphatic rings. The molecule has 0 saturated carbocycles. The molecule has 0 unspecified atom stereocenters. The Balaban J connectivity index is 1.87. The van der Waals surface area contributed by atoms with Gasteiger partial charge in [0.2, 0.25) is 0 Å². The van der Waals surface area contributed by atoms with Crippen LogP contribution in [0.25, 0.3) is 0 Å². The Bertz CT molecular complexity index is 979. The third-order valence-electron chi connectivity index (χ3n) is 4.67. The largest absolute Gasteiger partial charge is 0.497 e. The first kappa shape index (κ1) is 21.5. The van der Waals surface area contributed by atoms with Crippen LogP contribution in [0.2, 0.25) is 0 Å². The van der Waals surface area contributed by atoms with Crippen molar-refractivity contribution in [1.29, 1.82) is 0 Å². The number of thiocarbonyl (C=S) groups is 1. The van der Waals surface area contributed by atoms with Crippen LogP contribution in [-0.2, 0) is 13.1 Å². The lowest BCUT2D eigenvalue weighted by atomic mass is 10.1. The van der Waals surface area contributed by atoms with Crippen LogP contribution in [0.1, 0.15) is 11.1 Å². The quantitative estimate of drug-likeness (QED) is 0.509. The minimum absolute atomic E-state index is 0.561. The van der Waals surface area contributed by atoms with Crippen molar-refractivity contribution < 1.29 is 14.2 Å². The van der Waals surface area contributed by atoms with E-state index < -0.39 is 0 Å². The Kier molecular flexibility index (Phi) is 7.51. The molecule has 0 aromatic heterocycles. The van der Waals surface area contributed by atoms with Crippen LogP contribution in [0, 0.1) is 0 Å². The first-order chi connectivity index (χ1) is 14.6. The predicted octanol–water partition coefficient (Wildman–Crippen LogP) is 5.11. The van der Waals surface area contributed by atoms with Crippen molar-refractivity contribution in [2.24, 2.45) is 0 Å². The van der Waals surface area contributed by atoms with E-state index in [4.69, 9.17) is 26.4 Å². The van der Waals surface area contributed by atoms with Gasteiger partial charge in [-0.05, 0) is 48.1 Å². The van der Waals surface area contributed by atoms with Gasteiger partial charge in [-0.2, -0.15) is 0 Å². The highest BCUT2D eigenvalue weighted by Gasteiger charge is 2.15. The average Bonchev–Trinajstić information content (AvgIpc) is 2.79. The smallest absolute Gasteiger partial charge is 0.174 e. The van der Waals surface area contributed by atoms with E-state index >= 15 is 0 Å². The van der Waals surface area contributed by atoms with Crippen LogP contribution in [0.4, 0.5) is 5.69 Å². The van der Waals surface area contributed by atoms with Crippen molar-refractivity contribution in [3.8, 4) is 17.2 Å². The Hall–Kier alpha value is -3.25. The summed E-state index contributed by atoms with van der Waals surface area (Å²) in [5.41, 5.74) is 3.02. The second kappa shape index (κ2) is 10.5. The van der Waals surface area contributed by atoms with Crippen molar-refractivity contribution in [1.82, 2.24) is 4.90 Å². The highest BCUT2D eigenvalue weighted by molar-refractivity contribution is 7.80. The third-order valence-corrected chi connectivity index (χ3v) is 5.03. The third kappa shape index (κ3) is 5.64.